The second-order valence-corrected chi connectivity index (χ2v) is 9.88. The van der Waals surface area contributed by atoms with Crippen molar-refractivity contribution >= 4 is 16.9 Å². The largest absolute Gasteiger partial charge is 0.497 e. The van der Waals surface area contributed by atoms with Gasteiger partial charge in [0.15, 0.2) is 11.5 Å². The number of aryl methyl sites for hydroxylation is 2. The summed E-state index contributed by atoms with van der Waals surface area (Å²) in [6, 6.07) is 19.3. The van der Waals surface area contributed by atoms with E-state index in [1.165, 1.54) is 26.8 Å². The van der Waals surface area contributed by atoms with Crippen molar-refractivity contribution in [2.75, 3.05) is 41.6 Å². The number of unbranched alkanes of at least 4 members (excludes halogenated alkanes) is 3. The van der Waals surface area contributed by atoms with Crippen LogP contribution in [-0.2, 0) is 13.0 Å². The number of imidazole rings is 1. The standard InChI is InChI=1S/C33H41N3O6/c1-38-25-13-12-14-26(23-25)42-20-11-10-19-36-28-16-8-7-15-27(28)35-31(36)17-6-5-9-18-34-33(37)24-21-29(39-2)32(41-4)30(22-24)40-3/h7-8,12-16,21-23H,5-6,9-11,17-20H2,1-4H3,(H,34,37). The molecule has 42 heavy (non-hydrogen) atoms. The number of nitrogens with zero attached hydrogens (tertiary/aromatic N) is 2. The number of ether oxygens (including phenoxy) is 5. The van der Waals surface area contributed by atoms with E-state index >= 15 is 0 Å². The van der Waals surface area contributed by atoms with Gasteiger partial charge in [-0.05, 0) is 62.1 Å². The molecule has 1 aromatic heterocycles. The molecular formula is C33H41N3O6. The first-order valence-corrected chi connectivity index (χ1v) is 14.4. The van der Waals surface area contributed by atoms with Crippen molar-refractivity contribution in [2.45, 2.75) is 45.1 Å². The van der Waals surface area contributed by atoms with Crippen LogP contribution in [0, 0.1) is 0 Å². The lowest BCUT2D eigenvalue weighted by Gasteiger charge is -2.14. The normalized spacial score (nSPS) is 10.9. The highest BCUT2D eigenvalue weighted by Gasteiger charge is 2.17. The molecule has 0 fully saturated rings. The number of nitrogens with one attached hydrogen (secondary N) is 1. The van der Waals surface area contributed by atoms with Crippen LogP contribution in [0.1, 0.15) is 48.3 Å². The van der Waals surface area contributed by atoms with Gasteiger partial charge in [-0.1, -0.05) is 24.6 Å². The zero-order valence-electron chi connectivity index (χ0n) is 25.0. The van der Waals surface area contributed by atoms with E-state index in [0.29, 0.717) is 36.0 Å². The van der Waals surface area contributed by atoms with Crippen LogP contribution < -0.4 is 29.0 Å². The van der Waals surface area contributed by atoms with Crippen molar-refractivity contribution in [2.24, 2.45) is 0 Å². The van der Waals surface area contributed by atoms with Gasteiger partial charge in [0.25, 0.3) is 5.91 Å². The predicted molar refractivity (Wildman–Crippen MR) is 163 cm³/mol. The number of amides is 1. The number of fused-ring (bicyclic) bond motifs is 1. The van der Waals surface area contributed by atoms with E-state index in [0.717, 1.165) is 67.9 Å². The predicted octanol–water partition coefficient (Wildman–Crippen LogP) is 6.07. The SMILES string of the molecule is COc1cccc(OCCCCn2c(CCCCCNC(=O)c3cc(OC)c(OC)c(OC)c3)nc3ccccc32)c1. The molecule has 4 aromatic rings. The molecule has 1 heterocycles. The molecule has 0 aliphatic carbocycles. The first-order chi connectivity index (χ1) is 20.6. The number of hydrogen-bond acceptors (Lipinski definition) is 7. The van der Waals surface area contributed by atoms with E-state index in [1.807, 2.05) is 30.3 Å². The van der Waals surface area contributed by atoms with Crippen LogP contribution in [0.15, 0.2) is 60.7 Å². The number of para-hydroxylation sites is 2. The van der Waals surface area contributed by atoms with Crippen molar-refractivity contribution in [1.29, 1.82) is 0 Å². The Kier molecular flexibility index (Phi) is 11.3. The van der Waals surface area contributed by atoms with Crippen LogP contribution in [0.4, 0.5) is 0 Å². The molecule has 0 spiro atoms. The average molecular weight is 576 g/mol. The van der Waals surface area contributed by atoms with Crippen molar-refractivity contribution in [3.8, 4) is 28.7 Å². The molecule has 0 saturated carbocycles. The molecule has 1 N–H and O–H groups in total. The Hall–Kier alpha value is -4.40. The van der Waals surface area contributed by atoms with Crippen molar-refractivity contribution in [3.05, 3.63) is 72.1 Å². The number of carbonyl (C=O) groups is 1. The maximum Gasteiger partial charge on any atom is 0.251 e. The molecule has 0 atom stereocenters. The minimum atomic E-state index is -0.175. The summed E-state index contributed by atoms with van der Waals surface area (Å²) in [4.78, 5) is 17.7. The van der Waals surface area contributed by atoms with Gasteiger partial charge < -0.3 is 33.6 Å². The molecule has 0 aliphatic heterocycles. The maximum atomic E-state index is 12.7. The van der Waals surface area contributed by atoms with Gasteiger partial charge in [0.05, 0.1) is 46.1 Å². The lowest BCUT2D eigenvalue weighted by molar-refractivity contribution is 0.0952. The van der Waals surface area contributed by atoms with Gasteiger partial charge in [0, 0.05) is 31.1 Å². The molecule has 0 radical (unpaired) electrons. The molecule has 0 saturated heterocycles. The minimum Gasteiger partial charge on any atom is -0.497 e. The van der Waals surface area contributed by atoms with E-state index in [9.17, 15) is 4.79 Å². The monoisotopic (exact) mass is 575 g/mol. The second kappa shape index (κ2) is 15.6. The Morgan fingerprint density at radius 2 is 1.55 bits per heavy atom. The first kappa shape index (κ1) is 30.6. The topological polar surface area (TPSA) is 93.1 Å². The Bertz CT molecular complexity index is 1430. The van der Waals surface area contributed by atoms with E-state index in [2.05, 4.69) is 28.1 Å². The Morgan fingerprint density at radius 3 is 2.29 bits per heavy atom. The summed E-state index contributed by atoms with van der Waals surface area (Å²) in [5.41, 5.74) is 2.66. The molecule has 224 valence electrons. The van der Waals surface area contributed by atoms with Crippen molar-refractivity contribution in [3.63, 3.8) is 0 Å². The number of aromatic nitrogens is 2. The summed E-state index contributed by atoms with van der Waals surface area (Å²) in [6.07, 6.45) is 5.66. The number of rotatable bonds is 17. The maximum absolute atomic E-state index is 12.7. The second-order valence-electron chi connectivity index (χ2n) is 9.88. The lowest BCUT2D eigenvalue weighted by atomic mass is 10.1. The summed E-state index contributed by atoms with van der Waals surface area (Å²) in [6.45, 7) is 2.12. The summed E-state index contributed by atoms with van der Waals surface area (Å²) in [5, 5.41) is 3.00. The minimum absolute atomic E-state index is 0.175. The van der Waals surface area contributed by atoms with Crippen LogP contribution in [-0.4, -0.2) is 57.0 Å². The van der Waals surface area contributed by atoms with E-state index in [-0.39, 0.29) is 5.91 Å². The zero-order valence-corrected chi connectivity index (χ0v) is 25.0. The number of methoxy groups -OCH3 is 4. The molecule has 0 unspecified atom stereocenters. The Morgan fingerprint density at radius 1 is 0.786 bits per heavy atom. The van der Waals surface area contributed by atoms with E-state index in [4.69, 9.17) is 28.7 Å². The van der Waals surface area contributed by atoms with Gasteiger partial charge in [0.1, 0.15) is 17.3 Å². The quantitative estimate of drug-likeness (QED) is 0.153. The molecular weight excluding hydrogens is 534 g/mol. The Balaban J connectivity index is 1.23. The number of hydrogen-bond donors (Lipinski definition) is 1. The molecule has 4 rings (SSSR count). The van der Waals surface area contributed by atoms with Crippen LogP contribution in [0.2, 0.25) is 0 Å². The van der Waals surface area contributed by atoms with Crippen LogP contribution in [0.3, 0.4) is 0 Å². The van der Waals surface area contributed by atoms with Crippen LogP contribution >= 0.6 is 0 Å². The van der Waals surface area contributed by atoms with Gasteiger partial charge in [-0.25, -0.2) is 4.98 Å². The highest BCUT2D eigenvalue weighted by atomic mass is 16.5. The average Bonchev–Trinajstić information content (AvgIpc) is 3.38. The molecule has 0 bridgehead atoms. The summed E-state index contributed by atoms with van der Waals surface area (Å²) >= 11 is 0. The summed E-state index contributed by atoms with van der Waals surface area (Å²) in [5.74, 6) is 3.91. The zero-order chi connectivity index (χ0) is 29.7. The third-order valence-electron chi connectivity index (χ3n) is 7.11. The fourth-order valence-corrected chi connectivity index (χ4v) is 4.92. The van der Waals surface area contributed by atoms with Gasteiger partial charge in [0.2, 0.25) is 5.75 Å². The molecule has 3 aromatic carbocycles. The van der Waals surface area contributed by atoms with E-state index in [1.54, 1.807) is 19.2 Å². The fraction of sp³-hybridized carbons (Fsp3) is 0.394. The molecule has 9 heteroatoms. The molecule has 0 aliphatic rings. The van der Waals surface area contributed by atoms with Crippen LogP contribution in [0.5, 0.6) is 28.7 Å². The third-order valence-corrected chi connectivity index (χ3v) is 7.11. The lowest BCUT2D eigenvalue weighted by Crippen LogP contribution is -2.24. The summed E-state index contributed by atoms with van der Waals surface area (Å²) in [7, 11) is 6.26. The molecule has 1 amide bonds. The molecule has 9 nitrogen and oxygen atoms in total. The van der Waals surface area contributed by atoms with Crippen molar-refractivity contribution < 1.29 is 28.5 Å². The van der Waals surface area contributed by atoms with E-state index < -0.39 is 0 Å². The van der Waals surface area contributed by atoms with Gasteiger partial charge in [-0.3, -0.25) is 4.79 Å². The fourth-order valence-electron chi connectivity index (χ4n) is 4.92. The van der Waals surface area contributed by atoms with Gasteiger partial charge in [-0.2, -0.15) is 0 Å². The van der Waals surface area contributed by atoms with Gasteiger partial charge in [-0.15, -0.1) is 0 Å². The van der Waals surface area contributed by atoms with Gasteiger partial charge >= 0.3 is 0 Å². The van der Waals surface area contributed by atoms with Crippen LogP contribution in [0.25, 0.3) is 11.0 Å². The highest BCUT2D eigenvalue weighted by Crippen LogP contribution is 2.38. The highest BCUT2D eigenvalue weighted by molar-refractivity contribution is 5.95. The third kappa shape index (κ3) is 7.87. The smallest absolute Gasteiger partial charge is 0.251 e. The van der Waals surface area contributed by atoms with Crippen molar-refractivity contribution in [1.82, 2.24) is 14.9 Å². The number of carbonyl (C=O) groups excluding carboxylic acids is 1. The Labute approximate surface area is 247 Å². The summed E-state index contributed by atoms with van der Waals surface area (Å²) < 4.78 is 29.6. The first-order valence-electron chi connectivity index (χ1n) is 14.4. The number of benzene rings is 3.